The van der Waals surface area contributed by atoms with Crippen molar-refractivity contribution >= 4 is 11.8 Å². The molecule has 0 aromatic carbocycles. The van der Waals surface area contributed by atoms with Crippen molar-refractivity contribution in [2.45, 2.75) is 106 Å². The van der Waals surface area contributed by atoms with Crippen LogP contribution in [0.25, 0.3) is 0 Å². The van der Waals surface area contributed by atoms with E-state index in [1.54, 1.807) is 0 Å². The van der Waals surface area contributed by atoms with E-state index in [0.29, 0.717) is 36.9 Å². The Hall–Kier alpha value is -1.42. The molecule has 1 unspecified atom stereocenters. The highest BCUT2D eigenvalue weighted by atomic mass is 16.5. The first-order chi connectivity index (χ1) is 16.2. The molecule has 0 amide bonds. The van der Waals surface area contributed by atoms with Gasteiger partial charge in [0.2, 0.25) is 0 Å². The number of aliphatic hydroxyl groups excluding tert-OH is 1. The van der Waals surface area contributed by atoms with Gasteiger partial charge in [-0.2, -0.15) is 0 Å². The molecule has 0 aromatic heterocycles. The maximum atomic E-state index is 13.1. The Morgan fingerprint density at radius 2 is 1.89 bits per heavy atom. The smallest absolute Gasteiger partial charge is 0.309 e. The van der Waals surface area contributed by atoms with Crippen LogP contribution >= 0.6 is 0 Å². The van der Waals surface area contributed by atoms with Crippen molar-refractivity contribution in [3.8, 4) is 0 Å². The average Bonchev–Trinajstić information content (AvgIpc) is 2.99. The minimum Gasteiger partial charge on any atom is -0.469 e. The van der Waals surface area contributed by atoms with E-state index in [0.717, 1.165) is 32.1 Å². The molecule has 3 fully saturated rings. The highest BCUT2D eigenvalue weighted by Crippen LogP contribution is 2.73. The predicted molar refractivity (Wildman–Crippen MR) is 140 cm³/mol. The third kappa shape index (κ3) is 3.80. The quantitative estimate of drug-likeness (QED) is 0.350. The molecule has 196 valence electrons. The van der Waals surface area contributed by atoms with Crippen molar-refractivity contribution in [3.63, 3.8) is 0 Å². The highest BCUT2D eigenvalue weighted by molar-refractivity contribution is 5.85. The van der Waals surface area contributed by atoms with Crippen LogP contribution in [0.4, 0.5) is 0 Å². The van der Waals surface area contributed by atoms with Crippen molar-refractivity contribution in [1.82, 2.24) is 0 Å². The molecule has 35 heavy (non-hydrogen) atoms. The van der Waals surface area contributed by atoms with Crippen LogP contribution in [0, 0.1) is 45.3 Å². The second kappa shape index (κ2) is 8.85. The zero-order valence-corrected chi connectivity index (χ0v) is 23.4. The van der Waals surface area contributed by atoms with Gasteiger partial charge in [-0.25, -0.2) is 0 Å². The van der Waals surface area contributed by atoms with E-state index in [-0.39, 0.29) is 39.5 Å². The first-order valence-corrected chi connectivity index (χ1v) is 13.9. The molecule has 0 bridgehead atoms. The van der Waals surface area contributed by atoms with E-state index < -0.39 is 6.10 Å². The Morgan fingerprint density at radius 1 is 1.20 bits per heavy atom. The molecule has 0 spiro atoms. The van der Waals surface area contributed by atoms with E-state index in [9.17, 15) is 14.7 Å². The molecule has 4 rings (SSSR count). The normalized spacial score (nSPS) is 42.8. The van der Waals surface area contributed by atoms with Gasteiger partial charge in [0.1, 0.15) is 5.78 Å². The molecular weight excluding hydrogens is 436 g/mol. The van der Waals surface area contributed by atoms with Gasteiger partial charge < -0.3 is 9.84 Å². The van der Waals surface area contributed by atoms with Crippen LogP contribution in [0.3, 0.4) is 0 Å². The van der Waals surface area contributed by atoms with E-state index in [4.69, 9.17) is 4.74 Å². The zero-order valence-electron chi connectivity index (χ0n) is 23.4. The Bertz CT molecular complexity index is 940. The minimum atomic E-state index is -0.518. The van der Waals surface area contributed by atoms with E-state index >= 15 is 0 Å². The van der Waals surface area contributed by atoms with Crippen LogP contribution in [0.5, 0.6) is 0 Å². The second-order valence-corrected chi connectivity index (χ2v) is 13.7. The fourth-order valence-electron chi connectivity index (χ4n) is 9.48. The van der Waals surface area contributed by atoms with Gasteiger partial charge >= 0.3 is 5.97 Å². The van der Waals surface area contributed by atoms with Crippen molar-refractivity contribution in [1.29, 1.82) is 0 Å². The molecule has 8 atom stereocenters. The average molecular weight is 485 g/mol. The van der Waals surface area contributed by atoms with Crippen LogP contribution < -0.4 is 0 Å². The Morgan fingerprint density at radius 3 is 2.51 bits per heavy atom. The molecule has 0 aromatic rings. The number of ether oxygens (including phenoxy) is 1. The molecule has 1 N–H and O–H groups in total. The summed E-state index contributed by atoms with van der Waals surface area (Å²) in [6.07, 6.45) is 11.0. The number of esters is 1. The van der Waals surface area contributed by atoms with Gasteiger partial charge in [0.25, 0.3) is 0 Å². The van der Waals surface area contributed by atoms with Crippen molar-refractivity contribution in [3.05, 3.63) is 23.3 Å². The Kier molecular flexibility index (Phi) is 6.74. The predicted octanol–water partition coefficient (Wildman–Crippen LogP) is 6.67. The summed E-state index contributed by atoms with van der Waals surface area (Å²) in [4.78, 5) is 25.9. The summed E-state index contributed by atoms with van der Waals surface area (Å²) in [5.41, 5.74) is 2.27. The first kappa shape index (κ1) is 26.6. The van der Waals surface area contributed by atoms with E-state index in [2.05, 4.69) is 60.6 Å². The maximum Gasteiger partial charge on any atom is 0.309 e. The summed E-state index contributed by atoms with van der Waals surface area (Å²) in [5, 5.41) is 11.6. The maximum absolute atomic E-state index is 13.1. The first-order valence-electron chi connectivity index (χ1n) is 13.9. The van der Waals surface area contributed by atoms with Crippen LogP contribution in [0.1, 0.15) is 99.8 Å². The van der Waals surface area contributed by atoms with Gasteiger partial charge in [0.15, 0.2) is 0 Å². The Labute approximate surface area is 213 Å². The third-order valence-electron chi connectivity index (χ3n) is 11.6. The lowest BCUT2D eigenvalue weighted by Crippen LogP contribution is -2.57. The number of allylic oxidation sites excluding steroid dienone is 4. The minimum absolute atomic E-state index is 0.109. The van der Waals surface area contributed by atoms with Crippen molar-refractivity contribution < 1.29 is 19.4 Å². The number of hydrogen-bond acceptors (Lipinski definition) is 4. The summed E-state index contributed by atoms with van der Waals surface area (Å²) >= 11 is 0. The van der Waals surface area contributed by atoms with Crippen molar-refractivity contribution in [2.75, 3.05) is 7.11 Å². The third-order valence-corrected chi connectivity index (χ3v) is 11.6. The number of rotatable bonds is 5. The lowest BCUT2D eigenvalue weighted by Gasteiger charge is -2.63. The molecule has 3 saturated carbocycles. The van der Waals surface area contributed by atoms with E-state index in [1.807, 2.05) is 0 Å². The zero-order chi connectivity index (χ0) is 26.0. The largest absolute Gasteiger partial charge is 0.469 e. The molecule has 4 heteroatoms. The summed E-state index contributed by atoms with van der Waals surface area (Å²) in [6.45, 7) is 15.6. The fourth-order valence-corrected chi connectivity index (χ4v) is 9.48. The SMILES string of the molecule is COC(=O)[C@H](CCC=C(C)C)[C@@H]1[C@@H](O)C[C@@]2(C)C3=CC[C@H]4C(C)(C)C(=O)CC[C@]4(C)C3CC[C@@]12C. The van der Waals surface area contributed by atoms with Crippen LogP contribution in [0.15, 0.2) is 23.3 Å². The molecular formula is C31H48O4. The van der Waals surface area contributed by atoms with E-state index in [1.165, 1.54) is 18.3 Å². The number of carbonyl (C=O) groups is 2. The van der Waals surface area contributed by atoms with Gasteiger partial charge in [-0.3, -0.25) is 9.59 Å². The summed E-state index contributed by atoms with van der Waals surface area (Å²) < 4.78 is 5.30. The highest BCUT2D eigenvalue weighted by Gasteiger charge is 2.68. The van der Waals surface area contributed by atoms with Gasteiger partial charge in [0, 0.05) is 17.8 Å². The molecule has 4 aliphatic rings. The molecule has 4 aliphatic carbocycles. The molecule has 0 heterocycles. The standard InChI is InChI=1S/C31H48O4/c1-19(2)10-9-11-20(27(34)35-8)26-23(32)18-31(7)22-12-13-24-28(3,4)25(33)15-16-29(24,5)21(22)14-17-30(26,31)6/h10,12,20-21,23-24,26,32H,9,11,13-18H2,1-8H3/t20-,21?,23+,24+,26-,29-,30+,31+/m1/s1. The number of hydrogen-bond donors (Lipinski definition) is 1. The summed E-state index contributed by atoms with van der Waals surface area (Å²) in [6, 6.07) is 0. The number of methoxy groups -OCH3 is 1. The van der Waals surface area contributed by atoms with Gasteiger partial charge in [-0.15, -0.1) is 0 Å². The van der Waals surface area contributed by atoms with Crippen molar-refractivity contribution in [2.24, 2.45) is 45.3 Å². The lowest BCUT2D eigenvalue weighted by atomic mass is 9.41. The monoisotopic (exact) mass is 484 g/mol. The number of fused-ring (bicyclic) bond motifs is 5. The molecule has 0 aliphatic heterocycles. The Balaban J connectivity index is 1.72. The number of Topliss-reactive ketones (excluding diaryl/α,β-unsaturated/α-hetero) is 1. The van der Waals surface area contributed by atoms with Gasteiger partial charge in [0.05, 0.1) is 19.1 Å². The number of aliphatic hydroxyl groups is 1. The fraction of sp³-hybridized carbons (Fsp3) is 0.806. The molecule has 0 radical (unpaired) electrons. The van der Waals surface area contributed by atoms with Crippen LogP contribution in [0.2, 0.25) is 0 Å². The van der Waals surface area contributed by atoms with Gasteiger partial charge in [-0.1, -0.05) is 57.9 Å². The van der Waals surface area contributed by atoms with Gasteiger partial charge in [-0.05, 0) is 86.9 Å². The number of carbonyl (C=O) groups excluding carboxylic acids is 2. The number of ketones is 1. The summed E-state index contributed by atoms with van der Waals surface area (Å²) in [7, 11) is 1.48. The lowest BCUT2D eigenvalue weighted by molar-refractivity contribution is -0.154. The molecule has 0 saturated heterocycles. The van der Waals surface area contributed by atoms with Crippen LogP contribution in [-0.4, -0.2) is 30.1 Å². The molecule has 4 nitrogen and oxygen atoms in total. The topological polar surface area (TPSA) is 63.6 Å². The second-order valence-electron chi connectivity index (χ2n) is 13.7. The van der Waals surface area contributed by atoms with Crippen LogP contribution in [-0.2, 0) is 14.3 Å². The summed E-state index contributed by atoms with van der Waals surface area (Å²) in [5.74, 6) is 0.639.